The molecule has 0 saturated carbocycles. The largest absolute Gasteiger partial charge is 0.394 e. The smallest absolute Gasteiger partial charge is 0.267 e. The van der Waals surface area contributed by atoms with Crippen LogP contribution in [0.25, 0.3) is 22.4 Å². The summed E-state index contributed by atoms with van der Waals surface area (Å²) < 4.78 is 14.4. The van der Waals surface area contributed by atoms with Gasteiger partial charge in [0.05, 0.1) is 17.9 Å². The quantitative estimate of drug-likeness (QED) is 0.342. The second-order valence-corrected chi connectivity index (χ2v) is 8.30. The first-order valence-corrected chi connectivity index (χ1v) is 11.7. The lowest BCUT2D eigenvalue weighted by Crippen LogP contribution is -2.35. The molecule has 0 aliphatic rings. The van der Waals surface area contributed by atoms with Crippen molar-refractivity contribution in [3.63, 3.8) is 0 Å². The lowest BCUT2D eigenvalue weighted by Gasteiger charge is -2.05. The van der Waals surface area contributed by atoms with E-state index >= 15 is 0 Å². The Hall–Kier alpha value is -3.70. The average Bonchev–Trinajstić information content (AvgIpc) is 3.26. The van der Waals surface area contributed by atoms with E-state index in [9.17, 15) is 13.8 Å². The molecule has 0 radical (unpaired) electrons. The van der Waals surface area contributed by atoms with Crippen molar-refractivity contribution in [3.05, 3.63) is 65.9 Å². The maximum atomic E-state index is 12.1. The third-order valence-electron chi connectivity index (χ3n) is 4.06. The van der Waals surface area contributed by atoms with E-state index in [2.05, 4.69) is 25.0 Å². The molecule has 11 heteroatoms. The Morgan fingerprint density at radius 2 is 1.94 bits per heavy atom. The SMILES string of the molecule is CS(=O)/N=C/C=C(\N)C(=O)NCC(=O)Nc1nc(-c2cccc(-c3ccncc3)c2)cs1. The number of aromatic nitrogens is 2. The normalized spacial score (nSPS) is 12.5. The maximum absolute atomic E-state index is 12.1. The summed E-state index contributed by atoms with van der Waals surface area (Å²) in [5.74, 6) is -1.08. The number of amides is 2. The van der Waals surface area contributed by atoms with Crippen LogP contribution in [0.1, 0.15) is 0 Å². The number of pyridine rings is 1. The third-order valence-corrected chi connectivity index (χ3v) is 5.23. The topological polar surface area (TPSA) is 139 Å². The highest BCUT2D eigenvalue weighted by Crippen LogP contribution is 2.28. The second kappa shape index (κ2) is 11.1. The van der Waals surface area contributed by atoms with Crippen LogP contribution < -0.4 is 16.4 Å². The van der Waals surface area contributed by atoms with E-state index in [4.69, 9.17) is 5.73 Å². The maximum Gasteiger partial charge on any atom is 0.267 e. The zero-order valence-corrected chi connectivity index (χ0v) is 18.7. The van der Waals surface area contributed by atoms with E-state index in [1.54, 1.807) is 12.4 Å². The van der Waals surface area contributed by atoms with Gasteiger partial charge < -0.3 is 16.4 Å². The molecule has 0 aliphatic heterocycles. The lowest BCUT2D eigenvalue weighted by atomic mass is 10.0. The first-order chi connectivity index (χ1) is 15.4. The first-order valence-electron chi connectivity index (χ1n) is 9.30. The molecule has 1 aromatic carbocycles. The van der Waals surface area contributed by atoms with Gasteiger partial charge in [0.2, 0.25) is 5.91 Å². The monoisotopic (exact) mass is 468 g/mol. The second-order valence-electron chi connectivity index (χ2n) is 6.39. The summed E-state index contributed by atoms with van der Waals surface area (Å²) in [5, 5.41) is 7.30. The van der Waals surface area contributed by atoms with Gasteiger partial charge in [0.1, 0.15) is 11.0 Å². The molecule has 9 nitrogen and oxygen atoms in total. The Labute approximate surface area is 191 Å². The van der Waals surface area contributed by atoms with Gasteiger partial charge in [-0.25, -0.2) is 9.19 Å². The molecule has 2 heterocycles. The van der Waals surface area contributed by atoms with Gasteiger partial charge in [-0.05, 0) is 35.4 Å². The van der Waals surface area contributed by atoms with Crippen molar-refractivity contribution >= 4 is 45.5 Å². The number of allylic oxidation sites excluding steroid dienone is 1. The molecule has 3 rings (SSSR count). The summed E-state index contributed by atoms with van der Waals surface area (Å²) in [4.78, 5) is 32.5. The summed E-state index contributed by atoms with van der Waals surface area (Å²) in [6, 6.07) is 11.8. The number of carbonyl (C=O) groups is 2. The van der Waals surface area contributed by atoms with Crippen LogP contribution in [0, 0.1) is 0 Å². The van der Waals surface area contributed by atoms with Crippen molar-refractivity contribution in [2.45, 2.75) is 0 Å². The minimum Gasteiger partial charge on any atom is -0.394 e. The van der Waals surface area contributed by atoms with Crippen LogP contribution in [0.4, 0.5) is 5.13 Å². The highest BCUT2D eigenvalue weighted by molar-refractivity contribution is 7.83. The summed E-state index contributed by atoms with van der Waals surface area (Å²) >= 11 is 1.28. The fraction of sp³-hybridized carbons (Fsp3) is 0.0952. The molecule has 3 aromatic rings. The lowest BCUT2D eigenvalue weighted by molar-refractivity contribution is -0.121. The van der Waals surface area contributed by atoms with Crippen molar-refractivity contribution in [2.24, 2.45) is 10.1 Å². The number of benzene rings is 1. The van der Waals surface area contributed by atoms with Gasteiger partial charge in [0.25, 0.3) is 5.91 Å². The van der Waals surface area contributed by atoms with Crippen LogP contribution in [0.2, 0.25) is 0 Å². The van der Waals surface area contributed by atoms with Crippen molar-refractivity contribution < 1.29 is 13.8 Å². The Balaban J connectivity index is 1.58. The standard InChI is InChI=1S/C21H20N6O3S2/c1-32(30)25-10-7-17(22)20(29)24-12-19(28)27-21-26-18(13-31-21)16-4-2-3-15(11-16)14-5-8-23-9-6-14/h2-11,13H,12,22H2,1H3,(H,24,29)(H,26,27,28)/b17-7-,25-10+. The Kier molecular flexibility index (Phi) is 7.95. The molecule has 2 amide bonds. The average molecular weight is 469 g/mol. The van der Waals surface area contributed by atoms with E-state index in [1.807, 2.05) is 41.8 Å². The molecule has 2 aromatic heterocycles. The molecule has 1 unspecified atom stereocenters. The van der Waals surface area contributed by atoms with E-state index in [-0.39, 0.29) is 12.2 Å². The van der Waals surface area contributed by atoms with Gasteiger partial charge in [0, 0.05) is 35.8 Å². The van der Waals surface area contributed by atoms with Gasteiger partial charge in [-0.2, -0.15) is 4.40 Å². The predicted molar refractivity (Wildman–Crippen MR) is 127 cm³/mol. The molecular formula is C21H20N6O3S2. The van der Waals surface area contributed by atoms with Crippen LogP contribution in [-0.2, 0) is 20.6 Å². The number of rotatable bonds is 8. The molecular weight excluding hydrogens is 448 g/mol. The van der Waals surface area contributed by atoms with Crippen LogP contribution in [0.3, 0.4) is 0 Å². The number of nitrogens with two attached hydrogens (primary N) is 1. The number of hydrogen-bond acceptors (Lipinski definition) is 7. The van der Waals surface area contributed by atoms with Gasteiger partial charge in [0.15, 0.2) is 5.13 Å². The van der Waals surface area contributed by atoms with E-state index in [0.29, 0.717) is 5.13 Å². The molecule has 0 saturated heterocycles. The number of nitrogens with one attached hydrogen (secondary N) is 2. The Morgan fingerprint density at radius 3 is 2.69 bits per heavy atom. The molecule has 164 valence electrons. The summed E-state index contributed by atoms with van der Waals surface area (Å²) in [5.41, 5.74) is 9.14. The molecule has 0 bridgehead atoms. The van der Waals surface area contributed by atoms with Crippen LogP contribution >= 0.6 is 11.3 Å². The summed E-state index contributed by atoms with van der Waals surface area (Å²) in [7, 11) is -1.39. The van der Waals surface area contributed by atoms with Gasteiger partial charge in [-0.1, -0.05) is 18.2 Å². The van der Waals surface area contributed by atoms with Crippen molar-refractivity contribution in [3.8, 4) is 22.4 Å². The first kappa shape index (κ1) is 23.0. The highest BCUT2D eigenvalue weighted by atomic mass is 32.2. The van der Waals surface area contributed by atoms with Crippen molar-refractivity contribution in [1.82, 2.24) is 15.3 Å². The number of nitrogens with zero attached hydrogens (tertiary/aromatic N) is 3. The third kappa shape index (κ3) is 6.65. The number of thiazole rings is 1. The van der Waals surface area contributed by atoms with Crippen molar-refractivity contribution in [2.75, 3.05) is 18.1 Å². The zero-order valence-electron chi connectivity index (χ0n) is 17.0. The van der Waals surface area contributed by atoms with Crippen LogP contribution in [0.15, 0.2) is 70.3 Å². The molecule has 1 atom stereocenters. The van der Waals surface area contributed by atoms with Crippen molar-refractivity contribution in [1.29, 1.82) is 0 Å². The van der Waals surface area contributed by atoms with Crippen LogP contribution in [-0.4, -0.2) is 45.0 Å². The van der Waals surface area contributed by atoms with E-state index in [0.717, 1.165) is 22.4 Å². The Morgan fingerprint density at radius 1 is 1.19 bits per heavy atom. The number of anilines is 1. The minimum atomic E-state index is -1.39. The minimum absolute atomic E-state index is 0.155. The predicted octanol–water partition coefficient (Wildman–Crippen LogP) is 2.13. The summed E-state index contributed by atoms with van der Waals surface area (Å²) in [6.45, 7) is -0.281. The molecule has 4 N–H and O–H groups in total. The van der Waals surface area contributed by atoms with Gasteiger partial charge in [-0.3, -0.25) is 14.6 Å². The molecule has 0 spiro atoms. The van der Waals surface area contributed by atoms with Gasteiger partial charge in [-0.15, -0.1) is 11.3 Å². The zero-order chi connectivity index (χ0) is 22.9. The molecule has 32 heavy (non-hydrogen) atoms. The Bertz CT molecular complexity index is 1190. The fourth-order valence-corrected chi connectivity index (χ4v) is 3.53. The molecule has 0 aliphatic carbocycles. The molecule has 0 fully saturated rings. The highest BCUT2D eigenvalue weighted by Gasteiger charge is 2.11. The number of carbonyl (C=O) groups excluding carboxylic acids is 2. The van der Waals surface area contributed by atoms with Crippen LogP contribution in [0.5, 0.6) is 0 Å². The number of hydrogen-bond donors (Lipinski definition) is 3. The fourth-order valence-electron chi connectivity index (χ4n) is 2.56. The van der Waals surface area contributed by atoms with Gasteiger partial charge >= 0.3 is 0 Å². The van der Waals surface area contributed by atoms with E-state index in [1.165, 1.54) is 29.9 Å². The summed E-state index contributed by atoms with van der Waals surface area (Å²) in [6.07, 6.45) is 7.24. The van der Waals surface area contributed by atoms with E-state index < -0.39 is 22.8 Å².